The molecule has 0 radical (unpaired) electrons. The first kappa shape index (κ1) is 20.3. The second-order valence-electron chi connectivity index (χ2n) is 6.60. The summed E-state index contributed by atoms with van der Waals surface area (Å²) in [7, 11) is -7.18. The molecule has 0 spiro atoms. The predicted octanol–water partition coefficient (Wildman–Crippen LogP) is 2.58. The number of sulfone groups is 1. The van der Waals surface area contributed by atoms with Gasteiger partial charge in [0.05, 0.1) is 15.5 Å². The average molecular weight is 423 g/mol. The first-order valence-electron chi connectivity index (χ1n) is 8.91. The minimum absolute atomic E-state index is 0.0233. The molecule has 0 atom stereocenters. The molecule has 7 nitrogen and oxygen atoms in total. The molecular formula is C19H22N2O5S2. The lowest BCUT2D eigenvalue weighted by Crippen LogP contribution is -2.33. The Morgan fingerprint density at radius 1 is 1.04 bits per heavy atom. The maximum absolute atomic E-state index is 12.7. The number of aryl methyl sites for hydroxylation is 1. The molecule has 1 aliphatic heterocycles. The molecule has 150 valence electrons. The van der Waals surface area contributed by atoms with E-state index in [9.17, 15) is 21.6 Å². The molecule has 28 heavy (non-hydrogen) atoms. The summed E-state index contributed by atoms with van der Waals surface area (Å²) in [5, 5.41) is 0. The van der Waals surface area contributed by atoms with Gasteiger partial charge in [-0.2, -0.15) is 0 Å². The number of carbonyl (C=O) groups excluding carboxylic acids is 1. The lowest BCUT2D eigenvalue weighted by molar-refractivity contribution is -0.116. The summed E-state index contributed by atoms with van der Waals surface area (Å²) in [6.45, 7) is 3.67. The summed E-state index contributed by atoms with van der Waals surface area (Å²) < 4.78 is 51.7. The number of sulfonamides is 1. The third-order valence-electron chi connectivity index (χ3n) is 4.71. The maximum atomic E-state index is 12.7. The second kappa shape index (κ2) is 7.56. The fourth-order valence-corrected chi connectivity index (χ4v) is 5.17. The van der Waals surface area contributed by atoms with Crippen molar-refractivity contribution in [1.29, 1.82) is 0 Å². The molecule has 0 bridgehead atoms. The third-order valence-corrected chi connectivity index (χ3v) is 7.84. The van der Waals surface area contributed by atoms with Gasteiger partial charge < -0.3 is 4.90 Å². The van der Waals surface area contributed by atoms with Gasteiger partial charge >= 0.3 is 0 Å². The van der Waals surface area contributed by atoms with Crippen LogP contribution >= 0.6 is 0 Å². The highest BCUT2D eigenvalue weighted by Gasteiger charge is 2.23. The molecule has 1 amide bonds. The molecule has 1 heterocycles. The van der Waals surface area contributed by atoms with Gasteiger partial charge in [0.15, 0.2) is 9.84 Å². The number of hydrogen-bond acceptors (Lipinski definition) is 5. The third kappa shape index (κ3) is 4.05. The van der Waals surface area contributed by atoms with Crippen molar-refractivity contribution >= 4 is 37.1 Å². The van der Waals surface area contributed by atoms with E-state index in [1.807, 2.05) is 0 Å². The standard InChI is InChI=1S/C19H22N2O5S2/c1-3-27(23,24)17-8-6-16(7-9-17)20-28(25,26)18-10-11-19-15(13-18)5-4-12-21(19)14(2)22/h6-11,13,20H,3-5,12H2,1-2H3. The van der Waals surface area contributed by atoms with Gasteiger partial charge in [0.2, 0.25) is 5.91 Å². The van der Waals surface area contributed by atoms with Crippen LogP contribution in [-0.2, 0) is 31.1 Å². The van der Waals surface area contributed by atoms with Crippen LogP contribution in [0.15, 0.2) is 52.3 Å². The van der Waals surface area contributed by atoms with Gasteiger partial charge in [0.1, 0.15) is 0 Å². The van der Waals surface area contributed by atoms with E-state index < -0.39 is 19.9 Å². The quantitative estimate of drug-likeness (QED) is 0.798. The van der Waals surface area contributed by atoms with Gasteiger partial charge in [-0.3, -0.25) is 9.52 Å². The van der Waals surface area contributed by atoms with Crippen LogP contribution in [0.4, 0.5) is 11.4 Å². The molecule has 0 saturated heterocycles. The van der Waals surface area contributed by atoms with Crippen LogP contribution in [0, 0.1) is 0 Å². The molecular weight excluding hydrogens is 400 g/mol. The van der Waals surface area contributed by atoms with Crippen LogP contribution in [0.5, 0.6) is 0 Å². The van der Waals surface area contributed by atoms with E-state index in [0.29, 0.717) is 13.0 Å². The zero-order valence-corrected chi connectivity index (χ0v) is 17.3. The van der Waals surface area contributed by atoms with Crippen LogP contribution < -0.4 is 9.62 Å². The SMILES string of the molecule is CCS(=O)(=O)c1ccc(NS(=O)(=O)c2ccc3c(c2)CCCN3C(C)=O)cc1. The Kier molecular flexibility index (Phi) is 5.49. The van der Waals surface area contributed by atoms with E-state index in [4.69, 9.17) is 0 Å². The summed E-state index contributed by atoms with van der Waals surface area (Å²) >= 11 is 0. The Bertz CT molecular complexity index is 1110. The number of nitrogens with zero attached hydrogens (tertiary/aromatic N) is 1. The number of fused-ring (bicyclic) bond motifs is 1. The van der Waals surface area contributed by atoms with Crippen LogP contribution in [-0.4, -0.2) is 35.0 Å². The molecule has 1 N–H and O–H groups in total. The predicted molar refractivity (Wildman–Crippen MR) is 108 cm³/mol. The topological polar surface area (TPSA) is 101 Å². The Hall–Kier alpha value is -2.39. The van der Waals surface area contributed by atoms with Crippen LogP contribution in [0.2, 0.25) is 0 Å². The fraction of sp³-hybridized carbons (Fsp3) is 0.316. The summed E-state index contributed by atoms with van der Waals surface area (Å²) in [6.07, 6.45) is 1.48. The van der Waals surface area contributed by atoms with Crippen molar-refractivity contribution in [3.63, 3.8) is 0 Å². The molecule has 0 fully saturated rings. The van der Waals surface area contributed by atoms with Crippen molar-refractivity contribution in [2.45, 2.75) is 36.5 Å². The summed E-state index contributed by atoms with van der Waals surface area (Å²) in [5.41, 5.74) is 1.83. The van der Waals surface area contributed by atoms with Crippen molar-refractivity contribution in [3.8, 4) is 0 Å². The molecule has 0 unspecified atom stereocenters. The monoisotopic (exact) mass is 422 g/mol. The zero-order valence-electron chi connectivity index (χ0n) is 15.7. The minimum Gasteiger partial charge on any atom is -0.312 e. The highest BCUT2D eigenvalue weighted by Crippen LogP contribution is 2.30. The van der Waals surface area contributed by atoms with Crippen molar-refractivity contribution in [2.24, 2.45) is 0 Å². The molecule has 0 aromatic heterocycles. The van der Waals surface area contributed by atoms with Gasteiger partial charge in [-0.05, 0) is 60.9 Å². The average Bonchev–Trinajstić information content (AvgIpc) is 2.67. The Morgan fingerprint density at radius 2 is 1.68 bits per heavy atom. The molecule has 2 aromatic rings. The first-order chi connectivity index (χ1) is 13.1. The highest BCUT2D eigenvalue weighted by atomic mass is 32.2. The molecule has 3 rings (SSSR count). The van der Waals surface area contributed by atoms with E-state index in [0.717, 1.165) is 17.7 Å². The fourth-order valence-electron chi connectivity index (χ4n) is 3.18. The molecule has 0 saturated carbocycles. The zero-order chi connectivity index (χ0) is 20.5. The van der Waals surface area contributed by atoms with E-state index in [1.165, 1.54) is 37.3 Å². The normalized spacial score (nSPS) is 14.4. The smallest absolute Gasteiger partial charge is 0.261 e. The van der Waals surface area contributed by atoms with Crippen molar-refractivity contribution in [3.05, 3.63) is 48.0 Å². The molecule has 2 aromatic carbocycles. The van der Waals surface area contributed by atoms with Gasteiger partial charge in [0, 0.05) is 24.8 Å². The van der Waals surface area contributed by atoms with E-state index in [2.05, 4.69) is 4.72 Å². The van der Waals surface area contributed by atoms with Crippen molar-refractivity contribution < 1.29 is 21.6 Å². The largest absolute Gasteiger partial charge is 0.312 e. The van der Waals surface area contributed by atoms with E-state index >= 15 is 0 Å². The van der Waals surface area contributed by atoms with E-state index in [-0.39, 0.29) is 27.1 Å². The minimum atomic E-state index is -3.84. The highest BCUT2D eigenvalue weighted by molar-refractivity contribution is 7.92. The van der Waals surface area contributed by atoms with Crippen molar-refractivity contribution in [2.75, 3.05) is 21.9 Å². The Morgan fingerprint density at radius 3 is 2.29 bits per heavy atom. The number of hydrogen-bond donors (Lipinski definition) is 1. The van der Waals surface area contributed by atoms with Crippen molar-refractivity contribution in [1.82, 2.24) is 0 Å². The molecule has 1 aliphatic rings. The number of nitrogens with one attached hydrogen (secondary N) is 1. The summed E-state index contributed by atoms with van der Waals surface area (Å²) in [6, 6.07) is 10.3. The number of amides is 1. The van der Waals surface area contributed by atoms with Crippen LogP contribution in [0.3, 0.4) is 0 Å². The van der Waals surface area contributed by atoms with Gasteiger partial charge in [-0.15, -0.1) is 0 Å². The Balaban J connectivity index is 1.87. The number of anilines is 2. The second-order valence-corrected chi connectivity index (χ2v) is 10.6. The molecule has 0 aliphatic carbocycles. The van der Waals surface area contributed by atoms with Gasteiger partial charge in [0.25, 0.3) is 10.0 Å². The van der Waals surface area contributed by atoms with Crippen LogP contribution in [0.25, 0.3) is 0 Å². The van der Waals surface area contributed by atoms with Crippen LogP contribution in [0.1, 0.15) is 25.8 Å². The summed E-state index contributed by atoms with van der Waals surface area (Å²) in [5.74, 6) is -0.0957. The first-order valence-corrected chi connectivity index (χ1v) is 12.0. The van der Waals surface area contributed by atoms with Gasteiger partial charge in [-0.1, -0.05) is 6.92 Å². The molecule has 9 heteroatoms. The Labute approximate surface area is 165 Å². The van der Waals surface area contributed by atoms with Gasteiger partial charge in [-0.25, -0.2) is 16.8 Å². The maximum Gasteiger partial charge on any atom is 0.261 e. The van der Waals surface area contributed by atoms with E-state index in [1.54, 1.807) is 24.0 Å². The number of rotatable bonds is 5. The lowest BCUT2D eigenvalue weighted by Gasteiger charge is -2.28. The number of carbonyl (C=O) groups is 1. The summed E-state index contributed by atoms with van der Waals surface area (Å²) in [4.78, 5) is 13.7. The lowest BCUT2D eigenvalue weighted by atomic mass is 10.0. The number of benzene rings is 2.